The second kappa shape index (κ2) is 5.75. The third-order valence-corrected chi connectivity index (χ3v) is 4.37. The Labute approximate surface area is 126 Å². The number of thiazole rings is 1. The lowest BCUT2D eigenvalue weighted by molar-refractivity contribution is 0.564. The number of aromatic nitrogens is 3. The van der Waals surface area contributed by atoms with Gasteiger partial charge in [-0.25, -0.2) is 9.97 Å². The third kappa shape index (κ3) is 3.01. The second-order valence-electron chi connectivity index (χ2n) is 4.94. The molecule has 0 amide bonds. The normalized spacial score (nSPS) is 12.7. The first-order valence-corrected chi connectivity index (χ1v) is 7.64. The fourth-order valence-electron chi connectivity index (χ4n) is 2.11. The largest absolute Gasteiger partial charge is 0.302 e. The molecule has 0 radical (unpaired) electrons. The molecule has 0 spiro atoms. The maximum Gasteiger partial charge on any atom is 0.258 e. The molecular weight excluding hydrogens is 284 g/mol. The Morgan fingerprint density at radius 3 is 3.00 bits per heavy atom. The summed E-state index contributed by atoms with van der Waals surface area (Å²) in [6.07, 6.45) is 1.73. The number of nitrogens with one attached hydrogen (secondary N) is 1. The quantitative estimate of drug-likeness (QED) is 0.803. The highest BCUT2D eigenvalue weighted by atomic mass is 32.1. The number of hydrogen-bond acceptors (Lipinski definition) is 5. The first-order chi connectivity index (χ1) is 10.1. The zero-order valence-electron chi connectivity index (χ0n) is 11.9. The Balaban J connectivity index is 1.77. The van der Waals surface area contributed by atoms with Crippen LogP contribution in [-0.4, -0.2) is 14.4 Å². The molecule has 0 saturated heterocycles. The first-order valence-electron chi connectivity index (χ1n) is 6.76. The molecule has 3 aromatic heterocycles. The van der Waals surface area contributed by atoms with Gasteiger partial charge in [0.2, 0.25) is 0 Å². The minimum absolute atomic E-state index is 0.0600. The van der Waals surface area contributed by atoms with Crippen molar-refractivity contribution in [3.63, 3.8) is 0 Å². The van der Waals surface area contributed by atoms with E-state index in [-0.39, 0.29) is 11.6 Å². The molecule has 108 valence electrons. The molecule has 0 aliphatic rings. The summed E-state index contributed by atoms with van der Waals surface area (Å²) in [5.74, 6) is 0. The van der Waals surface area contributed by atoms with Gasteiger partial charge in [-0.2, -0.15) is 0 Å². The van der Waals surface area contributed by atoms with Crippen LogP contribution >= 0.6 is 11.3 Å². The highest BCUT2D eigenvalue weighted by Crippen LogP contribution is 2.17. The van der Waals surface area contributed by atoms with Gasteiger partial charge in [-0.05, 0) is 26.0 Å². The van der Waals surface area contributed by atoms with Crippen LogP contribution in [0.25, 0.3) is 5.65 Å². The molecule has 6 heteroatoms. The maximum absolute atomic E-state index is 12.0. The molecular formula is C15H16N4OS. The van der Waals surface area contributed by atoms with E-state index in [0.717, 1.165) is 16.4 Å². The minimum Gasteiger partial charge on any atom is -0.302 e. The molecule has 1 unspecified atom stereocenters. The van der Waals surface area contributed by atoms with Crippen molar-refractivity contribution in [1.29, 1.82) is 0 Å². The summed E-state index contributed by atoms with van der Waals surface area (Å²) in [5, 5.41) is 6.44. The van der Waals surface area contributed by atoms with Crippen molar-refractivity contribution in [3.05, 3.63) is 62.6 Å². The Morgan fingerprint density at radius 2 is 2.24 bits per heavy atom. The van der Waals surface area contributed by atoms with Crippen LogP contribution in [0.5, 0.6) is 0 Å². The average Bonchev–Trinajstić information content (AvgIpc) is 2.91. The van der Waals surface area contributed by atoms with Gasteiger partial charge in [-0.15, -0.1) is 11.3 Å². The SMILES string of the molecule is Cc1csc(C(C)NCc2cc(=O)n3ccccc3n2)n1. The van der Waals surface area contributed by atoms with Crippen LogP contribution in [0.4, 0.5) is 0 Å². The van der Waals surface area contributed by atoms with E-state index in [2.05, 4.69) is 22.2 Å². The van der Waals surface area contributed by atoms with Gasteiger partial charge in [-0.1, -0.05) is 6.07 Å². The molecule has 3 heterocycles. The number of pyridine rings is 1. The van der Waals surface area contributed by atoms with Crippen molar-refractivity contribution < 1.29 is 0 Å². The lowest BCUT2D eigenvalue weighted by Crippen LogP contribution is -2.22. The van der Waals surface area contributed by atoms with Crippen molar-refractivity contribution in [2.75, 3.05) is 0 Å². The number of hydrogen-bond donors (Lipinski definition) is 1. The van der Waals surface area contributed by atoms with Crippen LogP contribution in [-0.2, 0) is 6.54 Å². The highest BCUT2D eigenvalue weighted by Gasteiger charge is 2.09. The van der Waals surface area contributed by atoms with E-state index in [9.17, 15) is 4.79 Å². The lowest BCUT2D eigenvalue weighted by atomic mass is 10.3. The molecule has 0 fully saturated rings. The number of fused-ring (bicyclic) bond motifs is 1. The highest BCUT2D eigenvalue weighted by molar-refractivity contribution is 7.09. The summed E-state index contributed by atoms with van der Waals surface area (Å²) >= 11 is 1.64. The molecule has 0 aromatic carbocycles. The molecule has 3 aromatic rings. The smallest absolute Gasteiger partial charge is 0.258 e. The van der Waals surface area contributed by atoms with Crippen molar-refractivity contribution in [2.45, 2.75) is 26.4 Å². The Kier molecular flexibility index (Phi) is 3.81. The van der Waals surface area contributed by atoms with Crippen LogP contribution < -0.4 is 10.9 Å². The van der Waals surface area contributed by atoms with Gasteiger partial charge in [-0.3, -0.25) is 9.20 Å². The van der Waals surface area contributed by atoms with Crippen molar-refractivity contribution in [2.24, 2.45) is 0 Å². The number of nitrogens with zero attached hydrogens (tertiary/aromatic N) is 3. The Hall–Kier alpha value is -2.05. The molecule has 0 aliphatic carbocycles. The van der Waals surface area contributed by atoms with Gasteiger partial charge in [0, 0.05) is 29.9 Å². The minimum atomic E-state index is -0.0600. The molecule has 1 atom stereocenters. The van der Waals surface area contributed by atoms with E-state index in [1.807, 2.05) is 30.5 Å². The Bertz CT molecular complexity index is 824. The molecule has 0 saturated carbocycles. The summed E-state index contributed by atoms with van der Waals surface area (Å²) in [4.78, 5) is 21.0. The summed E-state index contributed by atoms with van der Waals surface area (Å²) in [5.41, 5.74) is 2.38. The molecule has 21 heavy (non-hydrogen) atoms. The Morgan fingerprint density at radius 1 is 1.38 bits per heavy atom. The van der Waals surface area contributed by atoms with Crippen molar-refractivity contribution >= 4 is 17.0 Å². The van der Waals surface area contributed by atoms with Crippen LogP contribution in [0.3, 0.4) is 0 Å². The zero-order chi connectivity index (χ0) is 14.8. The molecule has 0 bridgehead atoms. The van der Waals surface area contributed by atoms with Crippen molar-refractivity contribution in [1.82, 2.24) is 19.7 Å². The van der Waals surface area contributed by atoms with Gasteiger partial charge in [0.15, 0.2) is 0 Å². The van der Waals surface area contributed by atoms with E-state index >= 15 is 0 Å². The van der Waals surface area contributed by atoms with Gasteiger partial charge in [0.05, 0.1) is 11.7 Å². The predicted octanol–water partition coefficient (Wildman–Crippen LogP) is 2.31. The number of aryl methyl sites for hydroxylation is 1. The maximum atomic E-state index is 12.0. The molecule has 0 aliphatic heterocycles. The van der Waals surface area contributed by atoms with Crippen molar-refractivity contribution in [3.8, 4) is 0 Å². The fourth-order valence-corrected chi connectivity index (χ4v) is 2.94. The standard InChI is InChI=1S/C15H16N4OS/c1-10-9-21-15(17-10)11(2)16-8-12-7-14(20)19-6-4-3-5-13(19)18-12/h3-7,9,11,16H,8H2,1-2H3. The lowest BCUT2D eigenvalue weighted by Gasteiger charge is -2.11. The fraction of sp³-hybridized carbons (Fsp3) is 0.267. The number of rotatable bonds is 4. The van der Waals surface area contributed by atoms with Crippen LogP contribution in [0.1, 0.15) is 29.4 Å². The van der Waals surface area contributed by atoms with Gasteiger partial charge in [0.1, 0.15) is 10.7 Å². The summed E-state index contributed by atoms with van der Waals surface area (Å²) < 4.78 is 1.54. The van der Waals surface area contributed by atoms with E-state index in [0.29, 0.717) is 12.2 Å². The second-order valence-corrected chi connectivity index (χ2v) is 5.83. The van der Waals surface area contributed by atoms with E-state index < -0.39 is 0 Å². The zero-order valence-corrected chi connectivity index (χ0v) is 12.7. The van der Waals surface area contributed by atoms with Gasteiger partial charge < -0.3 is 5.32 Å². The van der Waals surface area contributed by atoms with Gasteiger partial charge in [0.25, 0.3) is 5.56 Å². The predicted molar refractivity (Wildman–Crippen MR) is 83.6 cm³/mol. The van der Waals surface area contributed by atoms with E-state index in [1.165, 1.54) is 4.40 Å². The molecule has 1 N–H and O–H groups in total. The van der Waals surface area contributed by atoms with Crippen LogP contribution in [0.2, 0.25) is 0 Å². The summed E-state index contributed by atoms with van der Waals surface area (Å²) in [6, 6.07) is 7.24. The van der Waals surface area contributed by atoms with Gasteiger partial charge >= 0.3 is 0 Å². The van der Waals surface area contributed by atoms with Crippen LogP contribution in [0.15, 0.2) is 40.6 Å². The third-order valence-electron chi connectivity index (χ3n) is 3.22. The van der Waals surface area contributed by atoms with E-state index in [1.54, 1.807) is 23.6 Å². The molecule has 5 nitrogen and oxygen atoms in total. The van der Waals surface area contributed by atoms with E-state index in [4.69, 9.17) is 0 Å². The average molecular weight is 300 g/mol. The first kappa shape index (κ1) is 13.9. The summed E-state index contributed by atoms with van der Waals surface area (Å²) in [7, 11) is 0. The topological polar surface area (TPSA) is 59.3 Å². The van der Waals surface area contributed by atoms with Crippen LogP contribution in [0, 0.1) is 6.92 Å². The molecule has 3 rings (SSSR count). The summed E-state index contributed by atoms with van der Waals surface area (Å²) in [6.45, 7) is 4.59. The monoisotopic (exact) mass is 300 g/mol.